The third-order valence-electron chi connectivity index (χ3n) is 2.62. The number of fused-ring (bicyclic) bond motifs is 1. The number of rotatable bonds is 2. The van der Waals surface area contributed by atoms with Gasteiger partial charge in [-0.15, -0.1) is 0 Å². The Morgan fingerprint density at radius 1 is 1.50 bits per heavy atom. The maximum absolute atomic E-state index is 9.77. The quantitative estimate of drug-likeness (QED) is 0.835. The third-order valence-corrected chi connectivity index (χ3v) is 3.56. The Bertz CT molecular complexity index is 390. The second kappa shape index (κ2) is 4.40. The SMILES string of the molecule is CC1(C)OCc2cc(C(O)C[AsH2])ccc2O1. The van der Waals surface area contributed by atoms with Gasteiger partial charge in [-0.1, -0.05) is 0 Å². The van der Waals surface area contributed by atoms with Crippen molar-refractivity contribution in [2.45, 2.75) is 37.6 Å². The van der Waals surface area contributed by atoms with E-state index in [1.54, 1.807) is 0 Å². The Labute approximate surface area is 104 Å². The molecule has 0 bridgehead atoms. The first-order valence-electron chi connectivity index (χ1n) is 5.36. The molecule has 3 nitrogen and oxygen atoms in total. The zero-order valence-corrected chi connectivity index (χ0v) is 12.0. The van der Waals surface area contributed by atoms with Gasteiger partial charge in [-0.3, -0.25) is 0 Å². The van der Waals surface area contributed by atoms with Crippen LogP contribution in [0.25, 0.3) is 0 Å². The van der Waals surface area contributed by atoms with Gasteiger partial charge in [0.25, 0.3) is 0 Å². The number of benzene rings is 1. The van der Waals surface area contributed by atoms with E-state index in [1.165, 1.54) is 16.9 Å². The van der Waals surface area contributed by atoms with Crippen molar-refractivity contribution in [1.82, 2.24) is 0 Å². The molecule has 16 heavy (non-hydrogen) atoms. The first-order valence-corrected chi connectivity index (χ1v) is 7.07. The molecule has 0 saturated heterocycles. The monoisotopic (exact) mass is 284 g/mol. The van der Waals surface area contributed by atoms with Crippen molar-refractivity contribution in [2.24, 2.45) is 0 Å². The molecule has 2 rings (SSSR count). The third kappa shape index (κ3) is 2.42. The van der Waals surface area contributed by atoms with E-state index in [1.807, 2.05) is 32.0 Å². The molecule has 0 fully saturated rings. The van der Waals surface area contributed by atoms with E-state index in [2.05, 4.69) is 0 Å². The molecule has 1 aliphatic heterocycles. The molecule has 4 heteroatoms. The van der Waals surface area contributed by atoms with E-state index in [4.69, 9.17) is 9.47 Å². The van der Waals surface area contributed by atoms with Gasteiger partial charge in [0.2, 0.25) is 0 Å². The van der Waals surface area contributed by atoms with Gasteiger partial charge >= 0.3 is 104 Å². The van der Waals surface area contributed by atoms with Crippen LogP contribution in [-0.4, -0.2) is 27.7 Å². The van der Waals surface area contributed by atoms with E-state index < -0.39 is 5.79 Å². The van der Waals surface area contributed by atoms with Crippen LogP contribution in [-0.2, 0) is 11.3 Å². The minimum atomic E-state index is -0.555. The van der Waals surface area contributed by atoms with Crippen molar-refractivity contribution in [3.05, 3.63) is 29.3 Å². The molecule has 0 aromatic heterocycles. The summed E-state index contributed by atoms with van der Waals surface area (Å²) in [6.45, 7) is 4.33. The average Bonchev–Trinajstić information content (AvgIpc) is 2.26. The minimum absolute atomic E-state index is 0.375. The summed E-state index contributed by atoms with van der Waals surface area (Å²) in [4.78, 5) is 0. The first-order chi connectivity index (χ1) is 7.52. The van der Waals surface area contributed by atoms with Crippen LogP contribution in [0.15, 0.2) is 18.2 Å². The van der Waals surface area contributed by atoms with Crippen LogP contribution >= 0.6 is 0 Å². The molecule has 1 aromatic carbocycles. The molecule has 0 spiro atoms. The van der Waals surface area contributed by atoms with Crippen molar-refractivity contribution in [3.63, 3.8) is 0 Å². The Morgan fingerprint density at radius 2 is 2.25 bits per heavy atom. The Morgan fingerprint density at radius 3 is 2.94 bits per heavy atom. The zero-order valence-electron chi connectivity index (χ0n) is 9.56. The second-order valence-corrected chi connectivity index (χ2v) is 5.40. The van der Waals surface area contributed by atoms with Crippen LogP contribution < -0.4 is 4.74 Å². The van der Waals surface area contributed by atoms with Crippen molar-refractivity contribution in [2.75, 3.05) is 0 Å². The molecule has 88 valence electrons. The Balaban J connectivity index is 2.28. The number of hydrogen-bond acceptors (Lipinski definition) is 3. The van der Waals surface area contributed by atoms with E-state index in [0.29, 0.717) is 6.61 Å². The fourth-order valence-corrected chi connectivity index (χ4v) is 2.27. The average molecular weight is 284 g/mol. The van der Waals surface area contributed by atoms with Crippen molar-refractivity contribution in [3.8, 4) is 5.75 Å². The summed E-state index contributed by atoms with van der Waals surface area (Å²) < 4.78 is 11.2. The van der Waals surface area contributed by atoms with Crippen molar-refractivity contribution in [1.29, 1.82) is 0 Å². The van der Waals surface area contributed by atoms with Gasteiger partial charge in [-0.2, -0.15) is 0 Å². The van der Waals surface area contributed by atoms with Gasteiger partial charge in [-0.05, 0) is 0 Å². The summed E-state index contributed by atoms with van der Waals surface area (Å²) >= 11 is 1.53. The molecule has 0 aliphatic carbocycles. The molecule has 0 saturated carbocycles. The van der Waals surface area contributed by atoms with Gasteiger partial charge in [0, 0.05) is 0 Å². The van der Waals surface area contributed by atoms with Gasteiger partial charge in [0.1, 0.15) is 0 Å². The van der Waals surface area contributed by atoms with E-state index >= 15 is 0 Å². The van der Waals surface area contributed by atoms with Gasteiger partial charge in [0.05, 0.1) is 0 Å². The summed E-state index contributed by atoms with van der Waals surface area (Å²) in [5, 5.41) is 10.5. The fraction of sp³-hybridized carbons (Fsp3) is 0.500. The number of ether oxygens (including phenoxy) is 2. The Hall–Kier alpha value is -0.502. The molecule has 1 heterocycles. The predicted octanol–water partition coefficient (Wildman–Crippen LogP) is 1.42. The van der Waals surface area contributed by atoms with Gasteiger partial charge < -0.3 is 0 Å². The van der Waals surface area contributed by atoms with Crippen LogP contribution in [0.3, 0.4) is 0 Å². The Kier molecular flexibility index (Phi) is 3.29. The first kappa shape index (κ1) is 12.0. The summed E-state index contributed by atoms with van der Waals surface area (Å²) in [7, 11) is 0. The molecule has 1 aliphatic rings. The normalized spacial score (nSPS) is 19.8. The van der Waals surface area contributed by atoms with E-state index in [-0.39, 0.29) is 6.10 Å². The molecular formula is C12H17AsO3. The maximum atomic E-state index is 9.77. The van der Waals surface area contributed by atoms with Crippen molar-refractivity contribution >= 4 is 16.9 Å². The zero-order chi connectivity index (χ0) is 11.8. The van der Waals surface area contributed by atoms with Gasteiger partial charge in [-0.25, -0.2) is 0 Å². The van der Waals surface area contributed by atoms with Crippen LogP contribution in [0.2, 0.25) is 5.21 Å². The molecular weight excluding hydrogens is 267 g/mol. The molecule has 1 aromatic rings. The van der Waals surface area contributed by atoms with Crippen LogP contribution in [0, 0.1) is 0 Å². The number of hydrogen-bond donors (Lipinski definition) is 1. The van der Waals surface area contributed by atoms with Crippen LogP contribution in [0.1, 0.15) is 31.1 Å². The number of aliphatic hydroxyl groups excluding tert-OH is 1. The summed E-state index contributed by atoms with van der Waals surface area (Å²) in [6.07, 6.45) is -0.375. The molecule has 0 amide bonds. The standard InChI is InChI=1S/C12H17AsO3/c1-12(2)15-7-9-5-8(10(14)6-13)3-4-11(9)16-12/h3-5,10,14H,6-7,13H2,1-2H3. The van der Waals surface area contributed by atoms with Crippen molar-refractivity contribution < 1.29 is 14.6 Å². The van der Waals surface area contributed by atoms with E-state index in [0.717, 1.165) is 22.1 Å². The van der Waals surface area contributed by atoms with E-state index in [9.17, 15) is 5.11 Å². The predicted molar refractivity (Wildman–Crippen MR) is 64.2 cm³/mol. The molecule has 1 N–H and O–H groups in total. The molecule has 2 atom stereocenters. The van der Waals surface area contributed by atoms with Crippen LogP contribution in [0.4, 0.5) is 0 Å². The fourth-order valence-electron chi connectivity index (χ4n) is 1.70. The summed E-state index contributed by atoms with van der Waals surface area (Å²) in [5.74, 6) is 0.301. The van der Waals surface area contributed by atoms with Crippen LogP contribution in [0.5, 0.6) is 5.75 Å². The topological polar surface area (TPSA) is 38.7 Å². The molecule has 0 radical (unpaired) electrons. The van der Waals surface area contributed by atoms with Gasteiger partial charge in [0.15, 0.2) is 0 Å². The summed E-state index contributed by atoms with van der Waals surface area (Å²) in [6, 6.07) is 5.81. The molecule has 2 unspecified atom stereocenters. The number of aliphatic hydroxyl groups is 1. The second-order valence-electron chi connectivity index (χ2n) is 4.41. The summed E-state index contributed by atoms with van der Waals surface area (Å²) in [5.41, 5.74) is 1.95.